The van der Waals surface area contributed by atoms with Gasteiger partial charge >= 0.3 is 0 Å². The Kier molecular flexibility index (Phi) is 7.05. The lowest BCUT2D eigenvalue weighted by Gasteiger charge is -2.17. The standard InChI is InChI=1S/C19H32N2/c1-3-5-7-9-11-17-13-14-19-16-15-18(21(19)20-17)12-10-8-6-4-2/h15-16H,3-14H2,1-2H3. The summed E-state index contributed by atoms with van der Waals surface area (Å²) in [5.41, 5.74) is 4.26. The number of rotatable bonds is 10. The van der Waals surface area contributed by atoms with E-state index in [2.05, 4.69) is 30.7 Å². The molecule has 0 N–H and O–H groups in total. The second-order valence-corrected chi connectivity index (χ2v) is 6.42. The van der Waals surface area contributed by atoms with Crippen molar-refractivity contribution in [2.24, 2.45) is 5.10 Å². The molecule has 1 aliphatic heterocycles. The predicted molar refractivity (Wildman–Crippen MR) is 92.2 cm³/mol. The molecule has 21 heavy (non-hydrogen) atoms. The maximum absolute atomic E-state index is 4.94. The molecule has 0 fully saturated rings. The van der Waals surface area contributed by atoms with Gasteiger partial charge in [0.25, 0.3) is 0 Å². The van der Waals surface area contributed by atoms with E-state index in [1.165, 1.54) is 94.1 Å². The Hall–Kier alpha value is -1.05. The highest BCUT2D eigenvalue weighted by Gasteiger charge is 2.14. The van der Waals surface area contributed by atoms with Gasteiger partial charge in [-0.25, -0.2) is 4.68 Å². The summed E-state index contributed by atoms with van der Waals surface area (Å²) in [6.07, 6.45) is 15.4. The van der Waals surface area contributed by atoms with Crippen LogP contribution >= 0.6 is 0 Å². The van der Waals surface area contributed by atoms with Gasteiger partial charge in [0, 0.05) is 17.1 Å². The number of aryl methyl sites for hydroxylation is 2. The van der Waals surface area contributed by atoms with Gasteiger partial charge in [-0.2, -0.15) is 5.10 Å². The first-order chi connectivity index (χ1) is 10.3. The van der Waals surface area contributed by atoms with Crippen LogP contribution in [0.1, 0.15) is 89.4 Å². The lowest BCUT2D eigenvalue weighted by Crippen LogP contribution is -2.14. The molecule has 0 spiro atoms. The normalized spacial score (nSPS) is 14.1. The van der Waals surface area contributed by atoms with Crippen molar-refractivity contribution in [2.75, 3.05) is 0 Å². The number of hydrogen-bond donors (Lipinski definition) is 0. The third-order valence-corrected chi connectivity index (χ3v) is 4.53. The van der Waals surface area contributed by atoms with Gasteiger partial charge < -0.3 is 0 Å². The van der Waals surface area contributed by atoms with Crippen LogP contribution in [0.4, 0.5) is 0 Å². The zero-order valence-electron chi connectivity index (χ0n) is 14.0. The Bertz CT molecular complexity index is 442. The van der Waals surface area contributed by atoms with Crippen LogP contribution in [0.5, 0.6) is 0 Å². The number of unbranched alkanes of at least 4 members (excludes halogenated alkanes) is 6. The summed E-state index contributed by atoms with van der Waals surface area (Å²) >= 11 is 0. The van der Waals surface area contributed by atoms with Crippen molar-refractivity contribution in [3.63, 3.8) is 0 Å². The molecule has 2 nitrogen and oxygen atoms in total. The fourth-order valence-electron chi connectivity index (χ4n) is 3.15. The van der Waals surface area contributed by atoms with Gasteiger partial charge in [0.2, 0.25) is 0 Å². The molecule has 0 unspecified atom stereocenters. The van der Waals surface area contributed by atoms with E-state index in [1.54, 1.807) is 0 Å². The molecule has 0 saturated carbocycles. The topological polar surface area (TPSA) is 17.3 Å². The largest absolute Gasteiger partial charge is 0.242 e. The summed E-state index contributed by atoms with van der Waals surface area (Å²) in [5.74, 6) is 0. The van der Waals surface area contributed by atoms with Crippen molar-refractivity contribution >= 4 is 5.71 Å². The monoisotopic (exact) mass is 288 g/mol. The number of aromatic nitrogens is 1. The molecule has 2 heteroatoms. The Morgan fingerprint density at radius 3 is 2.29 bits per heavy atom. The maximum Gasteiger partial charge on any atom is 0.0427 e. The van der Waals surface area contributed by atoms with Crippen LogP contribution in [-0.4, -0.2) is 10.4 Å². The smallest absolute Gasteiger partial charge is 0.0427 e. The Balaban J connectivity index is 1.88. The molecule has 1 aliphatic rings. The minimum atomic E-state index is 1.17. The molecule has 0 radical (unpaired) electrons. The van der Waals surface area contributed by atoms with Crippen molar-refractivity contribution in [1.29, 1.82) is 0 Å². The third-order valence-electron chi connectivity index (χ3n) is 4.53. The highest BCUT2D eigenvalue weighted by Crippen LogP contribution is 2.20. The zero-order valence-corrected chi connectivity index (χ0v) is 14.0. The minimum absolute atomic E-state index is 1.17. The fraction of sp³-hybridized carbons (Fsp3) is 0.737. The van der Waals surface area contributed by atoms with Gasteiger partial charge in [0.1, 0.15) is 0 Å². The van der Waals surface area contributed by atoms with Crippen molar-refractivity contribution in [3.05, 3.63) is 23.5 Å². The number of hydrogen-bond acceptors (Lipinski definition) is 1. The molecule has 1 aromatic heterocycles. The minimum Gasteiger partial charge on any atom is -0.242 e. The Morgan fingerprint density at radius 1 is 0.857 bits per heavy atom. The van der Waals surface area contributed by atoms with E-state index in [-0.39, 0.29) is 0 Å². The summed E-state index contributed by atoms with van der Waals surface area (Å²) in [6.45, 7) is 4.54. The van der Waals surface area contributed by atoms with Gasteiger partial charge in [-0.05, 0) is 50.7 Å². The molecule has 0 atom stereocenters. The van der Waals surface area contributed by atoms with Gasteiger partial charge in [-0.15, -0.1) is 0 Å². The molecule has 118 valence electrons. The molecular weight excluding hydrogens is 256 g/mol. The van der Waals surface area contributed by atoms with E-state index in [0.717, 1.165) is 0 Å². The van der Waals surface area contributed by atoms with Crippen molar-refractivity contribution in [3.8, 4) is 0 Å². The summed E-state index contributed by atoms with van der Waals surface area (Å²) in [7, 11) is 0. The molecule has 0 bridgehead atoms. The summed E-state index contributed by atoms with van der Waals surface area (Å²) in [4.78, 5) is 0. The summed E-state index contributed by atoms with van der Waals surface area (Å²) in [5, 5.41) is 4.94. The van der Waals surface area contributed by atoms with Crippen LogP contribution in [-0.2, 0) is 12.8 Å². The first-order valence-electron chi connectivity index (χ1n) is 9.11. The van der Waals surface area contributed by atoms with Crippen molar-refractivity contribution < 1.29 is 0 Å². The molecule has 0 aromatic carbocycles. The first kappa shape index (κ1) is 16.3. The van der Waals surface area contributed by atoms with Gasteiger partial charge in [0.05, 0.1) is 0 Å². The second-order valence-electron chi connectivity index (χ2n) is 6.42. The fourth-order valence-corrected chi connectivity index (χ4v) is 3.15. The Morgan fingerprint density at radius 2 is 1.57 bits per heavy atom. The third kappa shape index (κ3) is 5.01. The van der Waals surface area contributed by atoms with Crippen LogP contribution in [0.3, 0.4) is 0 Å². The van der Waals surface area contributed by atoms with Crippen LogP contribution in [0.2, 0.25) is 0 Å². The molecule has 2 heterocycles. The zero-order chi connectivity index (χ0) is 14.9. The molecule has 0 aliphatic carbocycles. The van der Waals surface area contributed by atoms with E-state index >= 15 is 0 Å². The molecule has 0 amide bonds. The van der Waals surface area contributed by atoms with E-state index in [4.69, 9.17) is 5.10 Å². The molecule has 0 saturated heterocycles. The van der Waals surface area contributed by atoms with E-state index in [9.17, 15) is 0 Å². The van der Waals surface area contributed by atoms with E-state index < -0.39 is 0 Å². The quantitative estimate of drug-likeness (QED) is 0.489. The average Bonchev–Trinajstić information content (AvgIpc) is 2.91. The van der Waals surface area contributed by atoms with Crippen LogP contribution in [0.15, 0.2) is 17.2 Å². The SMILES string of the molecule is CCCCCCC1=Nn2c(CCCCCC)ccc2CC1. The predicted octanol–water partition coefficient (Wildman–Crippen LogP) is 5.73. The number of nitrogens with zero attached hydrogens (tertiary/aromatic N) is 2. The first-order valence-corrected chi connectivity index (χ1v) is 9.11. The van der Waals surface area contributed by atoms with Crippen molar-refractivity contribution in [1.82, 2.24) is 4.68 Å². The highest BCUT2D eigenvalue weighted by molar-refractivity contribution is 5.85. The maximum atomic E-state index is 4.94. The van der Waals surface area contributed by atoms with E-state index in [1.807, 2.05) is 0 Å². The second kappa shape index (κ2) is 9.07. The van der Waals surface area contributed by atoms with Crippen LogP contribution in [0, 0.1) is 0 Å². The van der Waals surface area contributed by atoms with Gasteiger partial charge in [-0.1, -0.05) is 52.4 Å². The van der Waals surface area contributed by atoms with Gasteiger partial charge in [-0.3, -0.25) is 0 Å². The summed E-state index contributed by atoms with van der Waals surface area (Å²) < 4.78 is 2.25. The van der Waals surface area contributed by atoms with Crippen molar-refractivity contribution in [2.45, 2.75) is 90.9 Å². The average molecular weight is 288 g/mol. The molecule has 2 rings (SSSR count). The van der Waals surface area contributed by atoms with Crippen LogP contribution < -0.4 is 0 Å². The number of fused-ring (bicyclic) bond motifs is 1. The summed E-state index contributed by atoms with van der Waals surface area (Å²) in [6, 6.07) is 4.58. The lowest BCUT2D eigenvalue weighted by molar-refractivity contribution is 0.626. The molecule has 1 aromatic rings. The highest BCUT2D eigenvalue weighted by atomic mass is 15.4. The lowest BCUT2D eigenvalue weighted by atomic mass is 10.0. The van der Waals surface area contributed by atoms with Gasteiger partial charge in [0.15, 0.2) is 0 Å². The molecular formula is C19H32N2. The Labute approximate surface area is 130 Å². The van der Waals surface area contributed by atoms with Crippen LogP contribution in [0.25, 0.3) is 0 Å². The van der Waals surface area contributed by atoms with E-state index in [0.29, 0.717) is 0 Å².